The number of ketones is 1. The van der Waals surface area contributed by atoms with E-state index in [4.69, 9.17) is 15.2 Å². The first kappa shape index (κ1) is 15.6. The Kier molecular flexibility index (Phi) is 15.9. The number of ether oxygens (including phenoxy) is 2. The van der Waals surface area contributed by atoms with Crippen LogP contribution in [0.2, 0.25) is 0 Å². The van der Waals surface area contributed by atoms with Gasteiger partial charge in [-0.1, -0.05) is 0 Å². The molecule has 0 atom stereocenters. The molecule has 0 radical (unpaired) electrons. The SMILES string of the molecule is CC(=O)COCCOCC[NH-].[K+]. The Bertz CT molecular complexity index is 111. The van der Waals surface area contributed by atoms with Gasteiger partial charge in [-0.15, -0.1) is 6.54 Å². The van der Waals surface area contributed by atoms with E-state index in [1.807, 2.05) is 0 Å². The van der Waals surface area contributed by atoms with Crippen LogP contribution in [-0.4, -0.2) is 38.8 Å². The van der Waals surface area contributed by atoms with Crippen LogP contribution in [0.4, 0.5) is 0 Å². The van der Waals surface area contributed by atoms with Crippen molar-refractivity contribution in [2.45, 2.75) is 6.92 Å². The molecule has 0 fully saturated rings. The van der Waals surface area contributed by atoms with E-state index in [1.165, 1.54) is 6.92 Å². The largest absolute Gasteiger partial charge is 1.00 e. The summed E-state index contributed by atoms with van der Waals surface area (Å²) in [4.78, 5) is 10.3. The Hall–Kier alpha value is 1.19. The van der Waals surface area contributed by atoms with Crippen LogP contribution >= 0.6 is 0 Å². The molecule has 4 nitrogen and oxygen atoms in total. The third-order valence-electron chi connectivity index (χ3n) is 0.924. The van der Waals surface area contributed by atoms with Crippen LogP contribution in [0.3, 0.4) is 0 Å². The molecule has 0 aromatic carbocycles. The Morgan fingerprint density at radius 1 is 1.25 bits per heavy atom. The summed E-state index contributed by atoms with van der Waals surface area (Å²) in [5.41, 5.74) is 6.73. The Morgan fingerprint density at radius 2 is 1.83 bits per heavy atom. The second-order valence-corrected chi connectivity index (χ2v) is 2.12. The summed E-state index contributed by atoms with van der Waals surface area (Å²) < 4.78 is 9.85. The topological polar surface area (TPSA) is 59.3 Å². The summed E-state index contributed by atoms with van der Waals surface area (Å²) >= 11 is 0. The predicted octanol–water partition coefficient (Wildman–Crippen LogP) is -2.34. The van der Waals surface area contributed by atoms with Crippen molar-refractivity contribution in [3.05, 3.63) is 5.73 Å². The van der Waals surface area contributed by atoms with Crippen molar-refractivity contribution in [3.8, 4) is 0 Å². The standard InChI is InChI=1S/C7H14NO3.K/c1-7(9)6-11-5-4-10-3-2-8;/h8H,2-6H2,1H3;/q-1;+1. The molecule has 0 saturated heterocycles. The molecular weight excluding hydrogens is 185 g/mol. The molecule has 0 aliphatic heterocycles. The van der Waals surface area contributed by atoms with Gasteiger partial charge in [-0.3, -0.25) is 4.79 Å². The van der Waals surface area contributed by atoms with Crippen molar-refractivity contribution in [1.82, 2.24) is 0 Å². The van der Waals surface area contributed by atoms with Crippen LogP contribution in [0, 0.1) is 0 Å². The minimum Gasteiger partial charge on any atom is -0.676 e. The van der Waals surface area contributed by atoms with Crippen LogP contribution in [-0.2, 0) is 14.3 Å². The summed E-state index contributed by atoms with van der Waals surface area (Å²) in [6.07, 6.45) is 0. The van der Waals surface area contributed by atoms with Gasteiger partial charge >= 0.3 is 51.4 Å². The quantitative estimate of drug-likeness (QED) is 0.341. The maximum absolute atomic E-state index is 10.3. The Morgan fingerprint density at radius 3 is 2.33 bits per heavy atom. The maximum Gasteiger partial charge on any atom is 1.00 e. The van der Waals surface area contributed by atoms with Crippen LogP contribution in [0.25, 0.3) is 5.73 Å². The summed E-state index contributed by atoms with van der Waals surface area (Å²) in [6.45, 7) is 3.23. The van der Waals surface area contributed by atoms with E-state index < -0.39 is 0 Å². The minimum atomic E-state index is 0. The molecule has 0 aliphatic rings. The molecule has 5 heteroatoms. The first-order valence-corrected chi connectivity index (χ1v) is 3.57. The van der Waals surface area contributed by atoms with Gasteiger partial charge in [0.15, 0.2) is 5.78 Å². The third kappa shape index (κ3) is 13.8. The average Bonchev–Trinajstić information content (AvgIpc) is 1.96. The van der Waals surface area contributed by atoms with Gasteiger partial charge in [-0.05, 0) is 6.92 Å². The van der Waals surface area contributed by atoms with Crippen molar-refractivity contribution in [3.63, 3.8) is 0 Å². The zero-order valence-corrected chi connectivity index (χ0v) is 10.9. The fourth-order valence-corrected chi connectivity index (χ4v) is 0.508. The summed E-state index contributed by atoms with van der Waals surface area (Å²) in [5, 5.41) is 0. The molecule has 0 bridgehead atoms. The minimum absolute atomic E-state index is 0. The van der Waals surface area contributed by atoms with Gasteiger partial charge in [0, 0.05) is 6.61 Å². The number of hydrogen-bond donors (Lipinski definition) is 0. The van der Waals surface area contributed by atoms with Crippen molar-refractivity contribution in [2.75, 3.05) is 33.0 Å². The Balaban J connectivity index is 0. The number of hydrogen-bond acceptors (Lipinski definition) is 3. The van der Waals surface area contributed by atoms with E-state index in [9.17, 15) is 4.79 Å². The van der Waals surface area contributed by atoms with Crippen LogP contribution < -0.4 is 51.4 Å². The molecule has 0 rings (SSSR count). The summed E-state index contributed by atoms with van der Waals surface area (Å²) in [7, 11) is 0. The molecule has 0 amide bonds. The second-order valence-electron chi connectivity index (χ2n) is 2.12. The smallest absolute Gasteiger partial charge is 0.676 e. The Labute approximate surface area is 116 Å². The molecule has 0 aliphatic carbocycles. The number of carbonyl (C=O) groups excluding carboxylic acids is 1. The molecule has 0 unspecified atom stereocenters. The van der Waals surface area contributed by atoms with E-state index in [1.54, 1.807) is 0 Å². The number of rotatable bonds is 7. The van der Waals surface area contributed by atoms with Gasteiger partial charge in [0.2, 0.25) is 0 Å². The molecule has 0 spiro atoms. The van der Waals surface area contributed by atoms with E-state index in [0.717, 1.165) is 0 Å². The van der Waals surface area contributed by atoms with Crippen molar-refractivity contribution < 1.29 is 65.7 Å². The monoisotopic (exact) mass is 199 g/mol. The second kappa shape index (κ2) is 12.2. The van der Waals surface area contributed by atoms with Gasteiger partial charge in [0.25, 0.3) is 0 Å². The fourth-order valence-electron chi connectivity index (χ4n) is 0.508. The van der Waals surface area contributed by atoms with Crippen molar-refractivity contribution in [1.29, 1.82) is 0 Å². The average molecular weight is 199 g/mol. The number of nitrogens with one attached hydrogen (secondary N) is 1. The van der Waals surface area contributed by atoms with E-state index in [2.05, 4.69) is 0 Å². The van der Waals surface area contributed by atoms with E-state index >= 15 is 0 Å². The van der Waals surface area contributed by atoms with Gasteiger partial charge in [0.05, 0.1) is 13.2 Å². The zero-order valence-electron chi connectivity index (χ0n) is 7.76. The van der Waals surface area contributed by atoms with Gasteiger partial charge in [-0.25, -0.2) is 0 Å². The van der Waals surface area contributed by atoms with Crippen LogP contribution in [0.1, 0.15) is 6.92 Å². The molecule has 0 aromatic heterocycles. The van der Waals surface area contributed by atoms with E-state index in [-0.39, 0.29) is 70.3 Å². The van der Waals surface area contributed by atoms with Gasteiger partial charge in [0.1, 0.15) is 6.61 Å². The van der Waals surface area contributed by atoms with Gasteiger partial charge < -0.3 is 15.2 Å². The molecule has 0 saturated carbocycles. The van der Waals surface area contributed by atoms with Gasteiger partial charge in [-0.2, -0.15) is 0 Å². The first-order chi connectivity index (χ1) is 5.27. The van der Waals surface area contributed by atoms with Crippen LogP contribution in [0.15, 0.2) is 0 Å². The normalized spacial score (nSPS) is 9.17. The van der Waals surface area contributed by atoms with Crippen molar-refractivity contribution in [2.24, 2.45) is 0 Å². The number of carbonyl (C=O) groups is 1. The van der Waals surface area contributed by atoms with Crippen molar-refractivity contribution >= 4 is 5.78 Å². The molecule has 0 heterocycles. The molecule has 66 valence electrons. The van der Waals surface area contributed by atoms with E-state index in [0.29, 0.717) is 19.8 Å². The third-order valence-corrected chi connectivity index (χ3v) is 0.924. The van der Waals surface area contributed by atoms with Crippen LogP contribution in [0.5, 0.6) is 0 Å². The summed E-state index contributed by atoms with van der Waals surface area (Å²) in [6, 6.07) is 0. The predicted molar refractivity (Wildman–Crippen MR) is 41.5 cm³/mol. The molecule has 0 aromatic rings. The zero-order chi connectivity index (χ0) is 8.53. The number of Topliss-reactive ketones (excluding diaryl/α,β-unsaturated/α-hetero) is 1. The fraction of sp³-hybridized carbons (Fsp3) is 0.857. The molecular formula is C7H14KNO3. The molecule has 1 N–H and O–H groups in total. The molecule has 12 heavy (non-hydrogen) atoms. The summed E-state index contributed by atoms with van der Waals surface area (Å²) in [5.74, 6) is 0.0190. The first-order valence-electron chi connectivity index (χ1n) is 3.57. The maximum atomic E-state index is 10.3.